The molecule has 1 heterocycles. The number of aromatic nitrogens is 2. The van der Waals surface area contributed by atoms with E-state index in [2.05, 4.69) is 5.10 Å². The molecule has 0 spiro atoms. The Morgan fingerprint density at radius 3 is 2.29 bits per heavy atom. The molecule has 0 aliphatic carbocycles. The fourth-order valence-corrected chi connectivity index (χ4v) is 4.79. The van der Waals surface area contributed by atoms with Gasteiger partial charge in [0.1, 0.15) is 5.56 Å². The molecule has 1 aromatic heterocycles. The number of benzene rings is 1. The molecule has 2 aromatic rings. The maximum absolute atomic E-state index is 12.8. The van der Waals surface area contributed by atoms with Gasteiger partial charge in [-0.1, -0.05) is 0 Å². The smallest absolute Gasteiger partial charge is 0.221 e. The lowest BCUT2D eigenvalue weighted by Crippen LogP contribution is -2.22. The largest absolute Gasteiger partial charge is 0.493 e. The monoisotopic (exact) mass is 462 g/mol. The second-order valence-electron chi connectivity index (χ2n) is 6.62. The number of hydrogen-bond donors (Lipinski definition) is 1. The van der Waals surface area contributed by atoms with E-state index in [0.717, 1.165) is 6.26 Å². The van der Waals surface area contributed by atoms with Gasteiger partial charge < -0.3 is 5.11 Å². The lowest BCUT2D eigenvalue weighted by molar-refractivity contribution is 0.103. The van der Waals surface area contributed by atoms with Crippen molar-refractivity contribution in [2.45, 2.75) is 38.1 Å². The third kappa shape index (κ3) is 3.34. The van der Waals surface area contributed by atoms with Crippen molar-refractivity contribution in [1.82, 2.24) is 9.78 Å². The Kier molecular flexibility index (Phi) is 4.84. The molecule has 24 heavy (non-hydrogen) atoms. The highest BCUT2D eigenvalue weighted by atomic mass is 127. The zero-order valence-electron chi connectivity index (χ0n) is 14.1. The first-order valence-corrected chi connectivity index (χ1v) is 10.1. The van der Waals surface area contributed by atoms with Gasteiger partial charge in [-0.25, -0.2) is 13.1 Å². The van der Waals surface area contributed by atoms with Crippen LogP contribution in [0.15, 0.2) is 23.2 Å². The van der Waals surface area contributed by atoms with Crippen molar-refractivity contribution in [3.05, 3.63) is 38.6 Å². The minimum atomic E-state index is -3.37. The quantitative estimate of drug-likeness (QED) is 0.560. The SMILES string of the molecule is Cc1c(C(=O)c2cnn(C(C)(C)C)c2O)ccc(S(C)(=O)=O)c1I. The van der Waals surface area contributed by atoms with E-state index in [0.29, 0.717) is 14.7 Å². The second-order valence-corrected chi connectivity index (χ2v) is 9.68. The highest BCUT2D eigenvalue weighted by Crippen LogP contribution is 2.30. The van der Waals surface area contributed by atoms with Crippen LogP contribution in [0.1, 0.15) is 42.3 Å². The molecule has 2 rings (SSSR count). The number of carbonyl (C=O) groups excluding carboxylic acids is 1. The average molecular weight is 462 g/mol. The molecule has 0 aliphatic heterocycles. The summed E-state index contributed by atoms with van der Waals surface area (Å²) < 4.78 is 25.4. The van der Waals surface area contributed by atoms with Crippen molar-refractivity contribution >= 4 is 38.2 Å². The van der Waals surface area contributed by atoms with Crippen LogP contribution in [-0.2, 0) is 15.4 Å². The van der Waals surface area contributed by atoms with Crippen LogP contribution in [0.4, 0.5) is 0 Å². The molecule has 0 saturated carbocycles. The Morgan fingerprint density at radius 2 is 1.83 bits per heavy atom. The van der Waals surface area contributed by atoms with Crippen molar-refractivity contribution in [1.29, 1.82) is 0 Å². The third-order valence-electron chi connectivity index (χ3n) is 3.62. The van der Waals surface area contributed by atoms with Gasteiger partial charge >= 0.3 is 0 Å². The third-order valence-corrected chi connectivity index (χ3v) is 6.51. The highest BCUT2D eigenvalue weighted by molar-refractivity contribution is 14.1. The Bertz CT molecular complexity index is 924. The summed E-state index contributed by atoms with van der Waals surface area (Å²) in [6, 6.07) is 2.90. The molecule has 0 unspecified atom stereocenters. The van der Waals surface area contributed by atoms with E-state index in [9.17, 15) is 18.3 Å². The van der Waals surface area contributed by atoms with E-state index in [-0.39, 0.29) is 16.3 Å². The van der Waals surface area contributed by atoms with Crippen molar-refractivity contribution in [2.24, 2.45) is 0 Å². The first-order chi connectivity index (χ1) is 10.9. The lowest BCUT2D eigenvalue weighted by Gasteiger charge is -2.20. The van der Waals surface area contributed by atoms with Crippen LogP contribution in [0, 0.1) is 10.5 Å². The molecule has 6 nitrogen and oxygen atoms in total. The molecule has 8 heteroatoms. The molecule has 130 valence electrons. The first-order valence-electron chi connectivity index (χ1n) is 7.17. The fraction of sp³-hybridized carbons (Fsp3) is 0.375. The number of halogens is 1. The summed E-state index contributed by atoms with van der Waals surface area (Å²) in [5, 5.41) is 14.4. The molecule has 0 amide bonds. The average Bonchev–Trinajstić information content (AvgIpc) is 2.81. The Morgan fingerprint density at radius 1 is 1.25 bits per heavy atom. The summed E-state index contributed by atoms with van der Waals surface area (Å²) in [5.41, 5.74) is 0.532. The van der Waals surface area contributed by atoms with Crippen molar-refractivity contribution in [3.8, 4) is 5.88 Å². The zero-order valence-corrected chi connectivity index (χ0v) is 17.1. The van der Waals surface area contributed by atoms with Gasteiger partial charge in [-0.3, -0.25) is 4.79 Å². The van der Waals surface area contributed by atoms with Gasteiger partial charge in [0.15, 0.2) is 15.6 Å². The molecule has 0 aliphatic rings. The summed E-state index contributed by atoms with van der Waals surface area (Å²) >= 11 is 1.92. The second kappa shape index (κ2) is 6.14. The zero-order chi connectivity index (χ0) is 18.4. The number of sulfone groups is 1. The van der Waals surface area contributed by atoms with Gasteiger partial charge in [0.05, 0.1) is 16.6 Å². The molecule has 1 aromatic carbocycles. The standard InChI is InChI=1S/C16H19IN2O4S/c1-9-10(6-7-12(13(9)17)24(5,22)23)14(20)11-8-18-19(15(11)21)16(2,3)4/h6-8,21H,1-5H3. The lowest BCUT2D eigenvalue weighted by atomic mass is 10.0. The fourth-order valence-electron chi connectivity index (χ4n) is 2.33. The first kappa shape index (κ1) is 18.9. The van der Waals surface area contributed by atoms with Crippen molar-refractivity contribution in [3.63, 3.8) is 0 Å². The molecule has 0 bridgehead atoms. The predicted octanol–water partition coefficient (Wildman–Crippen LogP) is 2.89. The normalized spacial score (nSPS) is 12.4. The molecule has 0 radical (unpaired) electrons. The van der Waals surface area contributed by atoms with E-state index in [1.165, 1.54) is 23.0 Å². The van der Waals surface area contributed by atoms with Crippen LogP contribution in [0.5, 0.6) is 5.88 Å². The van der Waals surface area contributed by atoms with Crippen LogP contribution < -0.4 is 0 Å². The molecule has 0 fully saturated rings. The Labute approximate surface area is 154 Å². The van der Waals surface area contributed by atoms with Crippen molar-refractivity contribution in [2.75, 3.05) is 6.26 Å². The van der Waals surface area contributed by atoms with Crippen LogP contribution >= 0.6 is 22.6 Å². The van der Waals surface area contributed by atoms with Gasteiger partial charge in [0.2, 0.25) is 5.88 Å². The maximum Gasteiger partial charge on any atom is 0.221 e. The van der Waals surface area contributed by atoms with Crippen LogP contribution in [0.25, 0.3) is 0 Å². The Balaban J connectivity index is 2.57. The van der Waals surface area contributed by atoms with Crippen LogP contribution in [0.3, 0.4) is 0 Å². The number of aromatic hydroxyl groups is 1. The van der Waals surface area contributed by atoms with Gasteiger partial charge in [0.25, 0.3) is 0 Å². The van der Waals surface area contributed by atoms with Gasteiger partial charge in [-0.05, 0) is 68.0 Å². The van der Waals surface area contributed by atoms with Gasteiger partial charge in [-0.15, -0.1) is 0 Å². The molecular formula is C16H19IN2O4S. The summed E-state index contributed by atoms with van der Waals surface area (Å²) in [6.45, 7) is 7.28. The minimum absolute atomic E-state index is 0.0935. The molecule has 0 atom stereocenters. The summed E-state index contributed by atoms with van der Waals surface area (Å²) in [5.74, 6) is -0.590. The molecular weight excluding hydrogens is 443 g/mol. The topological polar surface area (TPSA) is 89.3 Å². The van der Waals surface area contributed by atoms with E-state index >= 15 is 0 Å². The summed E-state index contributed by atoms with van der Waals surface area (Å²) in [6.07, 6.45) is 2.46. The minimum Gasteiger partial charge on any atom is -0.493 e. The number of nitrogens with zero attached hydrogens (tertiary/aromatic N) is 2. The highest BCUT2D eigenvalue weighted by Gasteiger charge is 2.26. The van der Waals surface area contributed by atoms with Gasteiger partial charge in [0, 0.05) is 15.4 Å². The molecule has 0 saturated heterocycles. The number of ketones is 1. The van der Waals surface area contributed by atoms with E-state index in [1.54, 1.807) is 6.92 Å². The van der Waals surface area contributed by atoms with Crippen LogP contribution in [0.2, 0.25) is 0 Å². The van der Waals surface area contributed by atoms with E-state index < -0.39 is 21.2 Å². The van der Waals surface area contributed by atoms with Crippen molar-refractivity contribution < 1.29 is 18.3 Å². The summed E-state index contributed by atoms with van der Waals surface area (Å²) in [4.78, 5) is 13.0. The predicted molar refractivity (Wildman–Crippen MR) is 99.3 cm³/mol. The maximum atomic E-state index is 12.8. The van der Waals surface area contributed by atoms with Crippen LogP contribution in [-0.4, -0.2) is 35.3 Å². The Hall–Kier alpha value is -1.42. The number of hydrogen-bond acceptors (Lipinski definition) is 5. The van der Waals surface area contributed by atoms with Gasteiger partial charge in [-0.2, -0.15) is 5.10 Å². The van der Waals surface area contributed by atoms with E-state index in [4.69, 9.17) is 0 Å². The number of rotatable bonds is 3. The number of carbonyl (C=O) groups is 1. The van der Waals surface area contributed by atoms with E-state index in [1.807, 2.05) is 43.4 Å². The summed E-state index contributed by atoms with van der Waals surface area (Å²) in [7, 11) is -3.37. The molecule has 1 N–H and O–H groups in total.